The summed E-state index contributed by atoms with van der Waals surface area (Å²) < 4.78 is 6.14. The minimum absolute atomic E-state index is 0. The van der Waals surface area contributed by atoms with E-state index in [1.807, 2.05) is 0 Å². The van der Waals surface area contributed by atoms with Crippen molar-refractivity contribution in [3.05, 3.63) is 0 Å². The molecule has 0 aliphatic heterocycles. The maximum atomic E-state index is 6.14. The molecule has 0 amide bonds. The topological polar surface area (TPSA) is 20.2 Å². The van der Waals surface area contributed by atoms with Gasteiger partial charge in [0.25, 0.3) is 0 Å². The van der Waals surface area contributed by atoms with E-state index >= 15 is 0 Å². The minimum Gasteiger partial charge on any atom is -0.366 e. The third kappa shape index (κ3) is 21.7. The summed E-state index contributed by atoms with van der Waals surface area (Å²) in [7, 11) is 4.11. The molecule has 1 nitrogen and oxygen atoms in total. The Kier molecular flexibility index (Phi) is 9.35. The van der Waals surface area contributed by atoms with E-state index in [2.05, 4.69) is 22.8 Å². The Labute approximate surface area is 64.1 Å². The average Bonchev–Trinajstić information content (AvgIpc) is 1.38. The van der Waals surface area contributed by atoms with Crippen LogP contribution in [0.2, 0.25) is 0 Å². The van der Waals surface area contributed by atoms with Crippen molar-refractivity contribution >= 4 is 25.4 Å². The van der Waals surface area contributed by atoms with Gasteiger partial charge in [-0.1, -0.05) is 17.9 Å². The first-order valence-corrected chi connectivity index (χ1v) is 5.20. The van der Waals surface area contributed by atoms with Gasteiger partial charge in [0.05, 0.1) is 7.53 Å². The second-order valence-corrected chi connectivity index (χ2v) is 5.92. The van der Waals surface area contributed by atoms with Crippen LogP contribution >= 0.6 is 25.4 Å². The van der Waals surface area contributed by atoms with Crippen molar-refractivity contribution in [2.24, 2.45) is 0 Å². The van der Waals surface area contributed by atoms with E-state index in [9.17, 15) is 0 Å². The second-order valence-electron chi connectivity index (χ2n) is 0.360. The van der Waals surface area contributed by atoms with Gasteiger partial charge in [0, 0.05) is 32.7 Å². The molecule has 2 atom stereocenters. The number of hydrogen-bond acceptors (Lipinski definition) is 1. The zero-order valence-electron chi connectivity index (χ0n) is 3.59. The van der Waals surface area contributed by atoms with E-state index in [4.69, 9.17) is 1.43 Å². The SMILES string of the molecule is [2H]OP(P)P.[Y]. The molecule has 1 radical (unpaired) electrons. The normalized spacial score (nSPS) is 9.80. The van der Waals surface area contributed by atoms with Gasteiger partial charge in [-0.25, -0.2) is 0 Å². The van der Waals surface area contributed by atoms with Crippen molar-refractivity contribution in [1.29, 1.82) is 1.43 Å². The Morgan fingerprint density at radius 1 is 1.80 bits per heavy atom. The summed E-state index contributed by atoms with van der Waals surface area (Å²) in [6.07, 6.45) is 0. The summed E-state index contributed by atoms with van der Waals surface area (Å²) in [6, 6.07) is 0. The molecule has 5 heavy (non-hydrogen) atoms. The first-order valence-electron chi connectivity index (χ1n) is 1.11. The smallest absolute Gasteiger partial charge is 0.216 e. The van der Waals surface area contributed by atoms with Crippen molar-refractivity contribution in [3.63, 3.8) is 0 Å². The Bertz CT molecular complexity index is 24.8. The Morgan fingerprint density at radius 3 is 2.00 bits per heavy atom. The van der Waals surface area contributed by atoms with E-state index in [0.717, 1.165) is 0 Å². The fourth-order valence-electron chi connectivity index (χ4n) is 0. The standard InChI is InChI=1S/H5OP3.Y/c1-4(2)3;/h1H,2-3H2;/i1D;. The van der Waals surface area contributed by atoms with Crippen molar-refractivity contribution in [3.8, 4) is 0 Å². The first-order chi connectivity index (χ1) is 2.27. The third-order valence-corrected chi connectivity index (χ3v) is 0. The molecule has 0 aromatic rings. The van der Waals surface area contributed by atoms with Crippen molar-refractivity contribution < 1.29 is 37.6 Å². The van der Waals surface area contributed by atoms with Gasteiger partial charge in [0.15, 0.2) is 0 Å². The molecule has 5 heteroatoms. The number of rotatable bonds is 1. The maximum absolute atomic E-state index is 6.14. The Morgan fingerprint density at radius 2 is 2.00 bits per heavy atom. The van der Waals surface area contributed by atoms with Gasteiger partial charge in [-0.15, -0.1) is 0 Å². The van der Waals surface area contributed by atoms with Crippen LogP contribution in [-0.4, -0.2) is 6.33 Å². The summed E-state index contributed by atoms with van der Waals surface area (Å²) in [5.74, 6) is 0. The summed E-state index contributed by atoms with van der Waals surface area (Å²) in [5.41, 5.74) is 0. The molecule has 0 aliphatic carbocycles. The van der Waals surface area contributed by atoms with Gasteiger partial charge in [0.1, 0.15) is 0 Å². The summed E-state index contributed by atoms with van der Waals surface area (Å²) in [5, 5.41) is 0. The molecule has 0 spiro atoms. The van der Waals surface area contributed by atoms with Crippen LogP contribution < -0.4 is 0 Å². The van der Waals surface area contributed by atoms with E-state index < -0.39 is 7.53 Å². The van der Waals surface area contributed by atoms with Crippen molar-refractivity contribution in [1.82, 2.24) is 0 Å². The van der Waals surface area contributed by atoms with Crippen molar-refractivity contribution in [2.45, 2.75) is 0 Å². The first kappa shape index (κ1) is 7.35. The second kappa shape index (κ2) is 6.35. The summed E-state index contributed by atoms with van der Waals surface area (Å²) in [6.45, 7) is 0. The summed E-state index contributed by atoms with van der Waals surface area (Å²) in [4.78, 5) is 3.99. The van der Waals surface area contributed by atoms with Gasteiger partial charge in [0.2, 0.25) is 1.43 Å². The summed E-state index contributed by atoms with van der Waals surface area (Å²) >= 11 is 0. The molecular weight excluding hydrogens is 198 g/mol. The zero-order valence-corrected chi connectivity index (χ0v) is 8.63. The largest absolute Gasteiger partial charge is 0.366 e. The fraction of sp³-hybridized carbons (Fsp3) is 0. The molecule has 29 valence electrons. The Balaban J connectivity index is 0. The molecule has 0 aromatic carbocycles. The van der Waals surface area contributed by atoms with Gasteiger partial charge in [-0.2, -0.15) is 0 Å². The minimum atomic E-state index is -0.598. The molecule has 2 unspecified atom stereocenters. The molecule has 0 fully saturated rings. The van der Waals surface area contributed by atoms with E-state index in [1.165, 1.54) is 0 Å². The van der Waals surface area contributed by atoms with E-state index in [1.54, 1.807) is 0 Å². The van der Waals surface area contributed by atoms with Gasteiger partial charge < -0.3 is 4.90 Å². The number of hydrogen-bond donors (Lipinski definition) is 1. The molecule has 0 rings (SSSR count). The Hall–Kier alpha value is 2.35. The predicted octanol–water partition coefficient (Wildman–Crippen LogP) is 0.953. The molecule has 1 N–H and O–H groups in total. The predicted molar refractivity (Wildman–Crippen MR) is 28.6 cm³/mol. The molecule has 0 heterocycles. The molecule has 0 saturated carbocycles. The van der Waals surface area contributed by atoms with Crippen LogP contribution in [0.25, 0.3) is 0 Å². The quantitative estimate of drug-likeness (QED) is 0.630. The monoisotopic (exact) mass is 204 g/mol. The molecule has 0 saturated heterocycles. The third-order valence-electron chi connectivity index (χ3n) is 0. The molecule has 0 bridgehead atoms. The average molecular weight is 204 g/mol. The van der Waals surface area contributed by atoms with E-state index in [0.29, 0.717) is 0 Å². The van der Waals surface area contributed by atoms with E-state index in [-0.39, 0.29) is 32.7 Å². The van der Waals surface area contributed by atoms with Crippen LogP contribution in [-0.2, 0) is 32.7 Å². The van der Waals surface area contributed by atoms with Crippen LogP contribution in [0, 0.1) is 0 Å². The van der Waals surface area contributed by atoms with Gasteiger partial charge in [-0.3, -0.25) is 0 Å². The van der Waals surface area contributed by atoms with Crippen LogP contribution in [0.1, 0.15) is 0 Å². The van der Waals surface area contributed by atoms with Crippen LogP contribution in [0.3, 0.4) is 0 Å². The zero-order chi connectivity index (χ0) is 4.28. The van der Waals surface area contributed by atoms with Crippen LogP contribution in [0.5, 0.6) is 0 Å². The van der Waals surface area contributed by atoms with Crippen LogP contribution in [0.4, 0.5) is 0 Å². The van der Waals surface area contributed by atoms with Crippen molar-refractivity contribution in [2.75, 3.05) is 0 Å². The fourth-order valence-corrected chi connectivity index (χ4v) is 0. The van der Waals surface area contributed by atoms with Gasteiger partial charge in [-0.05, 0) is 0 Å². The molecule has 0 aromatic heterocycles. The maximum Gasteiger partial charge on any atom is 0.216 e. The molecular formula is H5OP3Y. The van der Waals surface area contributed by atoms with Gasteiger partial charge >= 0.3 is 0 Å². The van der Waals surface area contributed by atoms with Crippen LogP contribution in [0.15, 0.2) is 0 Å². The molecule has 0 aliphatic rings.